The van der Waals surface area contributed by atoms with E-state index in [4.69, 9.17) is 23.2 Å². The minimum absolute atomic E-state index is 0.111. The maximum absolute atomic E-state index is 13.6. The number of fused-ring (bicyclic) bond motifs is 1. The molecule has 2 aromatic rings. The molecule has 1 aromatic heterocycles. The van der Waals surface area contributed by atoms with Gasteiger partial charge in [-0.1, -0.05) is 25.4 Å². The second-order valence-electron chi connectivity index (χ2n) is 5.12. The van der Waals surface area contributed by atoms with Crippen LogP contribution in [-0.4, -0.2) is 34.1 Å². The molecule has 0 fully saturated rings. The van der Waals surface area contributed by atoms with E-state index in [1.807, 2.05) is 0 Å². The molecule has 1 atom stereocenters. The minimum atomic E-state index is -0.452. The molecule has 116 valence electrons. The lowest BCUT2D eigenvalue weighted by molar-refractivity contribution is 0.261. The third kappa shape index (κ3) is 3.33. The van der Waals surface area contributed by atoms with Crippen LogP contribution in [0.25, 0.3) is 11.0 Å². The summed E-state index contributed by atoms with van der Waals surface area (Å²) >= 11 is 11.9. The normalized spacial score (nSPS) is 13.3. The molecule has 0 N–H and O–H groups in total. The summed E-state index contributed by atoms with van der Waals surface area (Å²) in [7, 11) is 0. The highest BCUT2D eigenvalue weighted by Gasteiger charge is 2.18. The number of imidazole rings is 1. The molecule has 0 spiro atoms. The fourth-order valence-corrected chi connectivity index (χ4v) is 3.01. The predicted octanol–water partition coefficient (Wildman–Crippen LogP) is 4.47. The van der Waals surface area contributed by atoms with Gasteiger partial charge in [0, 0.05) is 18.7 Å². The van der Waals surface area contributed by atoms with Crippen molar-refractivity contribution in [1.29, 1.82) is 0 Å². The molecule has 0 saturated carbocycles. The number of halogens is 3. The maximum Gasteiger partial charge on any atom is 0.144 e. The Kier molecular flexibility index (Phi) is 5.47. The van der Waals surface area contributed by atoms with Gasteiger partial charge in [0.2, 0.25) is 0 Å². The lowest BCUT2D eigenvalue weighted by Crippen LogP contribution is -2.30. The topological polar surface area (TPSA) is 21.1 Å². The van der Waals surface area contributed by atoms with Crippen molar-refractivity contribution < 1.29 is 4.39 Å². The fraction of sp³-hybridized carbons (Fsp3) is 0.533. The summed E-state index contributed by atoms with van der Waals surface area (Å²) in [6.07, 6.45) is 0. The molecule has 0 aliphatic carbocycles. The average Bonchev–Trinajstić information content (AvgIpc) is 2.82. The van der Waals surface area contributed by atoms with E-state index in [-0.39, 0.29) is 16.9 Å². The third-order valence-corrected chi connectivity index (χ3v) is 4.31. The van der Waals surface area contributed by atoms with Crippen molar-refractivity contribution in [3.05, 3.63) is 28.8 Å². The van der Waals surface area contributed by atoms with Crippen LogP contribution in [0, 0.1) is 5.82 Å². The van der Waals surface area contributed by atoms with Gasteiger partial charge in [0.15, 0.2) is 0 Å². The molecule has 2 rings (SSSR count). The SMILES string of the molecule is CCN(CC)CC(C)n1c(CCl)nc2cc(F)c(Cl)cc21. The molecule has 1 heterocycles. The van der Waals surface area contributed by atoms with Gasteiger partial charge in [-0.2, -0.15) is 0 Å². The Labute approximate surface area is 134 Å². The quantitative estimate of drug-likeness (QED) is 0.728. The van der Waals surface area contributed by atoms with Gasteiger partial charge in [-0.15, -0.1) is 11.6 Å². The average molecular weight is 332 g/mol. The summed E-state index contributed by atoms with van der Waals surface area (Å²) in [5.41, 5.74) is 1.43. The van der Waals surface area contributed by atoms with Crippen LogP contribution in [0.3, 0.4) is 0 Å². The lowest BCUT2D eigenvalue weighted by Gasteiger charge is -2.25. The van der Waals surface area contributed by atoms with E-state index in [0.29, 0.717) is 5.52 Å². The third-order valence-electron chi connectivity index (χ3n) is 3.78. The van der Waals surface area contributed by atoms with Crippen LogP contribution in [0.4, 0.5) is 4.39 Å². The Hall–Kier alpha value is -0.840. The molecule has 0 aliphatic rings. The number of aromatic nitrogens is 2. The number of hydrogen-bond acceptors (Lipinski definition) is 2. The number of likely N-dealkylation sites (N-methyl/N-ethyl adjacent to an activating group) is 1. The van der Waals surface area contributed by atoms with E-state index in [9.17, 15) is 4.39 Å². The smallest absolute Gasteiger partial charge is 0.144 e. The van der Waals surface area contributed by atoms with Crippen LogP contribution in [0.5, 0.6) is 0 Å². The zero-order valence-corrected chi connectivity index (χ0v) is 14.0. The number of benzene rings is 1. The van der Waals surface area contributed by atoms with E-state index in [0.717, 1.165) is 31.0 Å². The molecule has 0 radical (unpaired) electrons. The summed E-state index contributed by atoms with van der Waals surface area (Å²) in [4.78, 5) is 6.76. The second kappa shape index (κ2) is 6.95. The van der Waals surface area contributed by atoms with Gasteiger partial charge in [-0.05, 0) is 26.1 Å². The number of alkyl halides is 1. The van der Waals surface area contributed by atoms with Gasteiger partial charge >= 0.3 is 0 Å². The van der Waals surface area contributed by atoms with Gasteiger partial charge in [-0.3, -0.25) is 0 Å². The van der Waals surface area contributed by atoms with Gasteiger partial charge < -0.3 is 9.47 Å². The second-order valence-corrected chi connectivity index (χ2v) is 5.80. The fourth-order valence-electron chi connectivity index (χ4n) is 2.66. The zero-order chi connectivity index (χ0) is 15.6. The van der Waals surface area contributed by atoms with Crippen LogP contribution in [0.2, 0.25) is 5.02 Å². The van der Waals surface area contributed by atoms with Gasteiger partial charge in [0.1, 0.15) is 11.6 Å². The van der Waals surface area contributed by atoms with Crippen molar-refractivity contribution in [3.63, 3.8) is 0 Å². The van der Waals surface area contributed by atoms with Crippen LogP contribution in [-0.2, 0) is 5.88 Å². The van der Waals surface area contributed by atoms with Crippen molar-refractivity contribution in [2.45, 2.75) is 32.7 Å². The first kappa shape index (κ1) is 16.5. The molecule has 0 amide bonds. The molecule has 0 bridgehead atoms. The Balaban J connectivity index is 2.47. The first-order chi connectivity index (χ1) is 10.0. The Bertz CT molecular complexity index is 623. The van der Waals surface area contributed by atoms with Crippen molar-refractivity contribution in [2.75, 3.05) is 19.6 Å². The maximum atomic E-state index is 13.6. The van der Waals surface area contributed by atoms with E-state index in [1.54, 1.807) is 6.07 Å². The minimum Gasteiger partial charge on any atom is -0.323 e. The number of nitrogens with zero attached hydrogens (tertiary/aromatic N) is 3. The predicted molar refractivity (Wildman–Crippen MR) is 86.8 cm³/mol. The van der Waals surface area contributed by atoms with Crippen LogP contribution in [0.15, 0.2) is 12.1 Å². The zero-order valence-electron chi connectivity index (χ0n) is 12.5. The first-order valence-electron chi connectivity index (χ1n) is 7.15. The highest BCUT2D eigenvalue weighted by molar-refractivity contribution is 6.31. The Morgan fingerprint density at radius 1 is 1.33 bits per heavy atom. The highest BCUT2D eigenvalue weighted by Crippen LogP contribution is 2.27. The summed E-state index contributed by atoms with van der Waals surface area (Å²) < 4.78 is 15.7. The van der Waals surface area contributed by atoms with E-state index in [2.05, 4.69) is 35.2 Å². The number of rotatable bonds is 6. The van der Waals surface area contributed by atoms with Crippen LogP contribution >= 0.6 is 23.2 Å². The monoisotopic (exact) mass is 331 g/mol. The molecule has 0 aliphatic heterocycles. The van der Waals surface area contributed by atoms with Gasteiger partial charge in [0.05, 0.1) is 21.9 Å². The van der Waals surface area contributed by atoms with Gasteiger partial charge in [-0.25, -0.2) is 9.37 Å². The van der Waals surface area contributed by atoms with Crippen molar-refractivity contribution in [2.24, 2.45) is 0 Å². The number of hydrogen-bond donors (Lipinski definition) is 0. The van der Waals surface area contributed by atoms with Crippen molar-refractivity contribution in [1.82, 2.24) is 14.5 Å². The molecule has 6 heteroatoms. The summed E-state index contributed by atoms with van der Waals surface area (Å²) in [6, 6.07) is 3.19. The molecule has 3 nitrogen and oxygen atoms in total. The molecule has 1 unspecified atom stereocenters. The van der Waals surface area contributed by atoms with Crippen LogP contribution < -0.4 is 0 Å². The van der Waals surface area contributed by atoms with Crippen LogP contribution in [0.1, 0.15) is 32.6 Å². The van der Waals surface area contributed by atoms with E-state index < -0.39 is 5.82 Å². The molecular formula is C15H20Cl2FN3. The summed E-state index contributed by atoms with van der Waals surface area (Å²) in [5, 5.41) is 0.111. The highest BCUT2D eigenvalue weighted by atomic mass is 35.5. The van der Waals surface area contributed by atoms with E-state index >= 15 is 0 Å². The van der Waals surface area contributed by atoms with Gasteiger partial charge in [0.25, 0.3) is 0 Å². The lowest BCUT2D eigenvalue weighted by atomic mass is 10.2. The standard InChI is InChI=1S/C15H20Cl2FN3/c1-4-20(5-2)9-10(3)21-14-6-11(17)12(18)7-13(14)19-15(21)8-16/h6-7,10H,4-5,8-9H2,1-3H3. The molecule has 1 aromatic carbocycles. The molecular weight excluding hydrogens is 312 g/mol. The molecule has 0 saturated heterocycles. The van der Waals surface area contributed by atoms with Crippen molar-refractivity contribution >= 4 is 34.2 Å². The molecule has 21 heavy (non-hydrogen) atoms. The Morgan fingerprint density at radius 3 is 2.57 bits per heavy atom. The van der Waals surface area contributed by atoms with E-state index in [1.165, 1.54) is 6.07 Å². The van der Waals surface area contributed by atoms with Crippen molar-refractivity contribution in [3.8, 4) is 0 Å². The summed E-state index contributed by atoms with van der Waals surface area (Å²) in [5.74, 6) is 0.579. The largest absolute Gasteiger partial charge is 0.323 e. The summed E-state index contributed by atoms with van der Waals surface area (Å²) in [6.45, 7) is 9.25. The first-order valence-corrected chi connectivity index (χ1v) is 8.07. The Morgan fingerprint density at radius 2 is 2.00 bits per heavy atom.